The van der Waals surface area contributed by atoms with Crippen molar-refractivity contribution < 1.29 is 23.9 Å². The first kappa shape index (κ1) is 25.8. The fourth-order valence-corrected chi connectivity index (χ4v) is 4.67. The second kappa shape index (κ2) is 13.9. The largest absolute Gasteiger partial charge is 0.497 e. The van der Waals surface area contributed by atoms with Crippen molar-refractivity contribution in [1.82, 2.24) is 5.32 Å². The zero-order valence-corrected chi connectivity index (χ0v) is 20.2. The number of thioether (sulfide) groups is 2. The van der Waals surface area contributed by atoms with Crippen LogP contribution in [-0.2, 0) is 31.3 Å². The maximum absolute atomic E-state index is 13.0. The first-order valence-electron chi connectivity index (χ1n) is 10.2. The van der Waals surface area contributed by atoms with Crippen molar-refractivity contribution in [3.63, 3.8) is 0 Å². The maximum Gasteiger partial charge on any atom is 0.329 e. The zero-order chi connectivity index (χ0) is 23.3. The van der Waals surface area contributed by atoms with Gasteiger partial charge in [-0.3, -0.25) is 9.59 Å². The summed E-state index contributed by atoms with van der Waals surface area (Å²) in [4.78, 5) is 36.8. The molecule has 0 aliphatic rings. The molecule has 1 N–H and O–H groups in total. The molecule has 0 fully saturated rings. The number of carbonyl (C=O) groups excluding carboxylic acids is 3. The molecule has 2 aromatic rings. The molecule has 0 bridgehead atoms. The third-order valence-corrected chi connectivity index (χ3v) is 6.78. The van der Waals surface area contributed by atoms with Crippen molar-refractivity contribution in [3.8, 4) is 5.75 Å². The SMILES string of the molecule is COC(=O)[C@H](CSCc1ccc(OC)cc1)NC(=O)[C@@H](CSC(C)=O)Cc1ccccc1. The van der Waals surface area contributed by atoms with E-state index in [1.807, 2.05) is 54.6 Å². The molecule has 6 nitrogen and oxygen atoms in total. The minimum absolute atomic E-state index is 0.0459. The summed E-state index contributed by atoms with van der Waals surface area (Å²) in [5.74, 6) is 1.00. The van der Waals surface area contributed by atoms with Crippen molar-refractivity contribution in [2.75, 3.05) is 25.7 Å². The summed E-state index contributed by atoms with van der Waals surface area (Å²) in [6.45, 7) is 1.48. The average molecular weight is 476 g/mol. The molecule has 1 amide bonds. The van der Waals surface area contributed by atoms with Crippen molar-refractivity contribution >= 4 is 40.5 Å². The Bertz CT molecular complexity index is 874. The van der Waals surface area contributed by atoms with Crippen LogP contribution in [0, 0.1) is 5.92 Å². The highest BCUT2D eigenvalue weighted by Crippen LogP contribution is 2.19. The highest BCUT2D eigenvalue weighted by Gasteiger charge is 2.27. The highest BCUT2D eigenvalue weighted by molar-refractivity contribution is 8.13. The van der Waals surface area contributed by atoms with E-state index in [0.29, 0.717) is 23.7 Å². The first-order chi connectivity index (χ1) is 15.4. The molecule has 0 aliphatic carbocycles. The van der Waals surface area contributed by atoms with E-state index in [0.717, 1.165) is 28.6 Å². The first-order valence-corrected chi connectivity index (χ1v) is 12.3. The summed E-state index contributed by atoms with van der Waals surface area (Å²) >= 11 is 2.65. The molecule has 172 valence electrons. The summed E-state index contributed by atoms with van der Waals surface area (Å²) in [6, 6.07) is 16.6. The van der Waals surface area contributed by atoms with Crippen LogP contribution in [0.3, 0.4) is 0 Å². The van der Waals surface area contributed by atoms with E-state index in [1.165, 1.54) is 25.8 Å². The number of benzene rings is 2. The number of carbonyl (C=O) groups is 3. The second-order valence-electron chi connectivity index (χ2n) is 7.14. The molecule has 0 radical (unpaired) electrons. The van der Waals surface area contributed by atoms with Gasteiger partial charge >= 0.3 is 5.97 Å². The highest BCUT2D eigenvalue weighted by atomic mass is 32.2. The summed E-state index contributed by atoms with van der Waals surface area (Å²) < 4.78 is 10.1. The fourth-order valence-electron chi connectivity index (χ4n) is 2.96. The Morgan fingerprint density at radius 2 is 1.62 bits per heavy atom. The van der Waals surface area contributed by atoms with Gasteiger partial charge in [0.1, 0.15) is 11.8 Å². The van der Waals surface area contributed by atoms with Crippen LogP contribution in [0.15, 0.2) is 54.6 Å². The minimum Gasteiger partial charge on any atom is -0.497 e. The van der Waals surface area contributed by atoms with Crippen molar-refractivity contribution in [3.05, 3.63) is 65.7 Å². The fraction of sp³-hybridized carbons (Fsp3) is 0.375. The van der Waals surface area contributed by atoms with Gasteiger partial charge in [-0.05, 0) is 29.7 Å². The van der Waals surface area contributed by atoms with Crippen LogP contribution in [0.25, 0.3) is 0 Å². The topological polar surface area (TPSA) is 81.7 Å². The number of ether oxygens (including phenoxy) is 2. The Balaban J connectivity index is 2.00. The van der Waals surface area contributed by atoms with Crippen LogP contribution in [0.2, 0.25) is 0 Å². The van der Waals surface area contributed by atoms with Crippen molar-refractivity contribution in [2.24, 2.45) is 5.92 Å². The van der Waals surface area contributed by atoms with Gasteiger partial charge in [-0.25, -0.2) is 4.79 Å². The monoisotopic (exact) mass is 475 g/mol. The number of esters is 1. The van der Waals surface area contributed by atoms with Gasteiger partial charge in [0.05, 0.1) is 20.1 Å². The predicted molar refractivity (Wildman–Crippen MR) is 130 cm³/mol. The van der Waals surface area contributed by atoms with Crippen LogP contribution < -0.4 is 10.1 Å². The van der Waals surface area contributed by atoms with Crippen molar-refractivity contribution in [2.45, 2.75) is 25.1 Å². The summed E-state index contributed by atoms with van der Waals surface area (Å²) in [7, 11) is 2.93. The lowest BCUT2D eigenvalue weighted by Gasteiger charge is -2.21. The van der Waals surface area contributed by atoms with Gasteiger partial charge in [0, 0.05) is 24.2 Å². The molecule has 2 rings (SSSR count). The van der Waals surface area contributed by atoms with E-state index < -0.39 is 17.9 Å². The molecular formula is C24H29NO5S2. The standard InChI is InChI=1S/C24H29NO5S2/c1-17(26)32-15-20(13-18-7-5-4-6-8-18)23(27)25-22(24(28)30-3)16-31-14-19-9-11-21(29-2)12-10-19/h4-12,20,22H,13-16H2,1-3H3,(H,25,27)/t20-,22+/m1/s1. The molecule has 0 spiro atoms. The van der Waals surface area contributed by atoms with Crippen molar-refractivity contribution in [1.29, 1.82) is 0 Å². The van der Waals surface area contributed by atoms with Gasteiger partial charge in [0.2, 0.25) is 5.91 Å². The summed E-state index contributed by atoms with van der Waals surface area (Å²) in [5.41, 5.74) is 2.09. The smallest absolute Gasteiger partial charge is 0.329 e. The lowest BCUT2D eigenvalue weighted by atomic mass is 10.00. The van der Waals surface area contributed by atoms with Gasteiger partial charge < -0.3 is 14.8 Å². The Kier molecular flexibility index (Phi) is 11.2. The van der Waals surface area contributed by atoms with Gasteiger partial charge in [-0.1, -0.05) is 54.2 Å². The van der Waals surface area contributed by atoms with E-state index in [4.69, 9.17) is 9.47 Å². The lowest BCUT2D eigenvalue weighted by Crippen LogP contribution is -2.46. The lowest BCUT2D eigenvalue weighted by molar-refractivity contribution is -0.144. The van der Waals surface area contributed by atoms with Gasteiger partial charge in [0.25, 0.3) is 0 Å². The van der Waals surface area contributed by atoms with E-state index in [1.54, 1.807) is 7.11 Å². The maximum atomic E-state index is 13.0. The number of methoxy groups -OCH3 is 2. The Morgan fingerprint density at radius 1 is 0.938 bits per heavy atom. The second-order valence-corrected chi connectivity index (χ2v) is 9.36. The quantitative estimate of drug-likeness (QED) is 0.469. The Labute approximate surface area is 197 Å². The van der Waals surface area contributed by atoms with Gasteiger partial charge in [-0.2, -0.15) is 11.8 Å². The van der Waals surface area contributed by atoms with Crippen LogP contribution in [0.4, 0.5) is 0 Å². The van der Waals surface area contributed by atoms with E-state index >= 15 is 0 Å². The van der Waals surface area contributed by atoms with Crippen LogP contribution in [0.1, 0.15) is 18.1 Å². The predicted octanol–water partition coefficient (Wildman–Crippen LogP) is 3.72. The Hall–Kier alpha value is -2.45. The molecule has 0 saturated carbocycles. The molecule has 2 aromatic carbocycles. The van der Waals surface area contributed by atoms with E-state index in [-0.39, 0.29) is 11.0 Å². The number of rotatable bonds is 12. The number of nitrogens with one attached hydrogen (secondary N) is 1. The van der Waals surface area contributed by atoms with Crippen LogP contribution >= 0.6 is 23.5 Å². The molecule has 0 aromatic heterocycles. The van der Waals surface area contributed by atoms with Gasteiger partial charge in [-0.15, -0.1) is 0 Å². The summed E-state index contributed by atoms with van der Waals surface area (Å²) in [5, 5.41) is 2.79. The normalized spacial score (nSPS) is 12.5. The molecule has 0 saturated heterocycles. The molecule has 0 aliphatic heterocycles. The van der Waals surface area contributed by atoms with Crippen LogP contribution in [0.5, 0.6) is 5.75 Å². The Morgan fingerprint density at radius 3 is 2.22 bits per heavy atom. The minimum atomic E-state index is -0.767. The summed E-state index contributed by atoms with van der Waals surface area (Å²) in [6.07, 6.45) is 0.486. The molecule has 0 unspecified atom stereocenters. The van der Waals surface area contributed by atoms with E-state index in [2.05, 4.69) is 5.32 Å². The number of amides is 1. The number of hydrogen-bond acceptors (Lipinski definition) is 7. The molecule has 8 heteroatoms. The molecular weight excluding hydrogens is 446 g/mol. The third kappa shape index (κ3) is 8.96. The average Bonchev–Trinajstić information content (AvgIpc) is 2.81. The number of hydrogen-bond donors (Lipinski definition) is 1. The molecule has 0 heterocycles. The third-order valence-electron chi connectivity index (χ3n) is 4.70. The zero-order valence-electron chi connectivity index (χ0n) is 18.5. The van der Waals surface area contributed by atoms with Crippen LogP contribution in [-0.4, -0.2) is 48.8 Å². The molecule has 32 heavy (non-hydrogen) atoms. The van der Waals surface area contributed by atoms with E-state index in [9.17, 15) is 14.4 Å². The molecule has 2 atom stereocenters. The van der Waals surface area contributed by atoms with Gasteiger partial charge in [0.15, 0.2) is 5.12 Å².